The van der Waals surface area contributed by atoms with Crippen LogP contribution in [0.25, 0.3) is 0 Å². The molecule has 2 aliphatic heterocycles. The van der Waals surface area contributed by atoms with Gasteiger partial charge in [-0.3, -0.25) is 9.59 Å². The molecule has 0 aliphatic carbocycles. The number of ketones is 1. The van der Waals surface area contributed by atoms with Crippen molar-refractivity contribution in [2.24, 2.45) is 0 Å². The van der Waals surface area contributed by atoms with Gasteiger partial charge in [-0.25, -0.2) is 0 Å². The van der Waals surface area contributed by atoms with Crippen LogP contribution in [0.5, 0.6) is 0 Å². The van der Waals surface area contributed by atoms with E-state index in [1.54, 1.807) is 0 Å². The number of hydrogen-bond donors (Lipinski definition) is 0. The maximum absolute atomic E-state index is 11.9. The molecule has 0 radical (unpaired) electrons. The van der Waals surface area contributed by atoms with Gasteiger partial charge < -0.3 is 4.90 Å². The Hall–Kier alpha value is -1.29. The lowest BCUT2D eigenvalue weighted by Crippen LogP contribution is -2.43. The van der Waals surface area contributed by atoms with E-state index in [1.807, 2.05) is 35.2 Å². The maximum Gasteiger partial charge on any atom is 0.223 e. The highest BCUT2D eigenvalue weighted by Crippen LogP contribution is 2.38. The molecule has 0 bridgehead atoms. The second-order valence-corrected chi connectivity index (χ2v) is 4.87. The predicted molar refractivity (Wildman–Crippen MR) is 73.7 cm³/mol. The van der Waals surface area contributed by atoms with Crippen molar-refractivity contribution < 1.29 is 9.59 Å². The van der Waals surface area contributed by atoms with Gasteiger partial charge in [0.05, 0.1) is 6.04 Å². The Bertz CT molecular complexity index is 460. The molecule has 96 valence electrons. The fourth-order valence-electron chi connectivity index (χ4n) is 3.00. The van der Waals surface area contributed by atoms with Crippen LogP contribution in [0.2, 0.25) is 0 Å². The molecule has 0 spiro atoms. The number of amides is 1. The highest BCUT2D eigenvalue weighted by atomic mass is 32.1. The topological polar surface area (TPSA) is 37.4 Å². The average molecular weight is 263 g/mol. The summed E-state index contributed by atoms with van der Waals surface area (Å²) in [4.78, 5) is 25.6. The molecular formula is C14H17NO2S. The number of piperidine rings is 1. The molecule has 2 atom stereocenters. The van der Waals surface area contributed by atoms with E-state index in [4.69, 9.17) is 0 Å². The molecule has 1 aromatic carbocycles. The number of benzene rings is 1. The molecule has 4 heteroatoms. The molecule has 2 unspecified atom stereocenters. The Labute approximate surface area is 114 Å². The number of rotatable bonds is 1. The summed E-state index contributed by atoms with van der Waals surface area (Å²) in [5.41, 5.74) is 1.08. The standard InChI is InChI=1S/C14H15NO2.H2S/c16-12-8-11-6-7-14(17)15(11)13(9-12)10-4-2-1-3-5-10;/h1-5,11,13H,6-9H2;1H2. The van der Waals surface area contributed by atoms with E-state index in [0.29, 0.717) is 19.3 Å². The van der Waals surface area contributed by atoms with Gasteiger partial charge in [-0.2, -0.15) is 13.5 Å². The van der Waals surface area contributed by atoms with Crippen LogP contribution in [0.3, 0.4) is 0 Å². The van der Waals surface area contributed by atoms with Gasteiger partial charge in [-0.1, -0.05) is 30.3 Å². The van der Waals surface area contributed by atoms with Gasteiger partial charge in [-0.15, -0.1) is 0 Å². The highest BCUT2D eigenvalue weighted by Gasteiger charge is 2.42. The number of fused-ring (bicyclic) bond motifs is 1. The zero-order valence-electron chi connectivity index (χ0n) is 10.1. The molecule has 0 saturated carbocycles. The highest BCUT2D eigenvalue weighted by molar-refractivity contribution is 7.59. The van der Waals surface area contributed by atoms with Crippen LogP contribution >= 0.6 is 13.5 Å². The quantitative estimate of drug-likeness (QED) is 0.779. The summed E-state index contributed by atoms with van der Waals surface area (Å²) < 4.78 is 0. The molecule has 3 rings (SSSR count). The summed E-state index contributed by atoms with van der Waals surface area (Å²) in [6.45, 7) is 0. The van der Waals surface area contributed by atoms with Crippen LogP contribution in [-0.4, -0.2) is 22.6 Å². The van der Waals surface area contributed by atoms with E-state index in [9.17, 15) is 9.59 Å². The van der Waals surface area contributed by atoms with E-state index in [-0.39, 0.29) is 37.3 Å². The number of carbonyl (C=O) groups excluding carboxylic acids is 2. The van der Waals surface area contributed by atoms with E-state index in [2.05, 4.69) is 0 Å². The second-order valence-electron chi connectivity index (χ2n) is 4.87. The lowest BCUT2D eigenvalue weighted by atomic mass is 9.91. The van der Waals surface area contributed by atoms with Crippen molar-refractivity contribution in [1.29, 1.82) is 0 Å². The van der Waals surface area contributed by atoms with Gasteiger partial charge in [0.1, 0.15) is 5.78 Å². The Morgan fingerprint density at radius 1 is 1.06 bits per heavy atom. The van der Waals surface area contributed by atoms with Crippen molar-refractivity contribution in [3.63, 3.8) is 0 Å². The molecule has 1 aromatic rings. The summed E-state index contributed by atoms with van der Waals surface area (Å²) >= 11 is 0. The molecule has 2 fully saturated rings. The minimum atomic E-state index is -0.0301. The predicted octanol–water partition coefficient (Wildman–Crippen LogP) is 2.19. The van der Waals surface area contributed by atoms with E-state index in [0.717, 1.165) is 12.0 Å². The van der Waals surface area contributed by atoms with Gasteiger partial charge in [0.2, 0.25) is 5.91 Å². The van der Waals surface area contributed by atoms with E-state index < -0.39 is 0 Å². The van der Waals surface area contributed by atoms with Crippen LogP contribution in [0.15, 0.2) is 30.3 Å². The Morgan fingerprint density at radius 2 is 1.78 bits per heavy atom. The van der Waals surface area contributed by atoms with Crippen LogP contribution in [0, 0.1) is 0 Å². The lowest BCUT2D eigenvalue weighted by molar-refractivity contribution is -0.136. The third-order valence-electron chi connectivity index (χ3n) is 3.78. The first-order valence-corrected chi connectivity index (χ1v) is 6.13. The number of Topliss-reactive ketones (excluding diaryl/α,β-unsaturated/α-hetero) is 1. The van der Waals surface area contributed by atoms with Crippen molar-refractivity contribution in [1.82, 2.24) is 4.90 Å². The van der Waals surface area contributed by atoms with Crippen LogP contribution in [-0.2, 0) is 9.59 Å². The molecule has 0 N–H and O–H groups in total. The molecule has 1 amide bonds. The number of nitrogens with zero attached hydrogens (tertiary/aromatic N) is 1. The van der Waals surface area contributed by atoms with Gasteiger partial charge in [0.25, 0.3) is 0 Å². The first-order chi connectivity index (χ1) is 8.25. The van der Waals surface area contributed by atoms with Crippen LogP contribution in [0.1, 0.15) is 37.3 Å². The summed E-state index contributed by atoms with van der Waals surface area (Å²) in [5.74, 6) is 0.492. The first-order valence-electron chi connectivity index (χ1n) is 6.13. The first kappa shape index (κ1) is 13.1. The summed E-state index contributed by atoms with van der Waals surface area (Å²) in [7, 11) is 0. The van der Waals surface area contributed by atoms with Gasteiger partial charge in [0.15, 0.2) is 0 Å². The zero-order valence-corrected chi connectivity index (χ0v) is 11.1. The molecular weight excluding hydrogens is 246 g/mol. The van der Waals surface area contributed by atoms with Gasteiger partial charge >= 0.3 is 0 Å². The summed E-state index contributed by atoms with van der Waals surface area (Å²) in [6, 6.07) is 10.0. The third-order valence-corrected chi connectivity index (χ3v) is 3.78. The minimum absolute atomic E-state index is 0. The van der Waals surface area contributed by atoms with Crippen LogP contribution < -0.4 is 0 Å². The number of hydrogen-bond acceptors (Lipinski definition) is 2. The molecule has 18 heavy (non-hydrogen) atoms. The minimum Gasteiger partial charge on any atom is -0.332 e. The van der Waals surface area contributed by atoms with E-state index in [1.165, 1.54) is 0 Å². The fourth-order valence-corrected chi connectivity index (χ4v) is 3.00. The number of carbonyl (C=O) groups is 2. The summed E-state index contributed by atoms with van der Waals surface area (Å²) in [6.07, 6.45) is 2.47. The van der Waals surface area contributed by atoms with E-state index >= 15 is 0 Å². The van der Waals surface area contributed by atoms with Crippen molar-refractivity contribution in [2.75, 3.05) is 0 Å². The van der Waals surface area contributed by atoms with Crippen LogP contribution in [0.4, 0.5) is 0 Å². The molecule has 2 aliphatic rings. The normalized spacial score (nSPS) is 26.8. The fraction of sp³-hybridized carbons (Fsp3) is 0.429. The zero-order chi connectivity index (χ0) is 11.8. The third kappa shape index (κ3) is 2.17. The monoisotopic (exact) mass is 263 g/mol. The second kappa shape index (κ2) is 5.14. The maximum atomic E-state index is 11.9. The van der Waals surface area contributed by atoms with Crippen molar-refractivity contribution in [3.05, 3.63) is 35.9 Å². The lowest BCUT2D eigenvalue weighted by Gasteiger charge is -2.37. The molecule has 3 nitrogen and oxygen atoms in total. The smallest absolute Gasteiger partial charge is 0.223 e. The average Bonchev–Trinajstić information content (AvgIpc) is 2.71. The molecule has 2 saturated heterocycles. The SMILES string of the molecule is O=C1CC2CCC(=O)N2C(c2ccccc2)C1.S. The largest absolute Gasteiger partial charge is 0.332 e. The molecule has 0 aromatic heterocycles. The Morgan fingerprint density at radius 3 is 2.50 bits per heavy atom. The van der Waals surface area contributed by atoms with Gasteiger partial charge in [0, 0.05) is 25.3 Å². The Kier molecular flexibility index (Phi) is 3.76. The van der Waals surface area contributed by atoms with Crippen molar-refractivity contribution in [3.8, 4) is 0 Å². The van der Waals surface area contributed by atoms with Gasteiger partial charge in [-0.05, 0) is 12.0 Å². The van der Waals surface area contributed by atoms with Crippen molar-refractivity contribution >= 4 is 25.2 Å². The Balaban J connectivity index is 0.00000120. The van der Waals surface area contributed by atoms with Crippen molar-refractivity contribution in [2.45, 2.75) is 37.8 Å². The molecule has 2 heterocycles. The summed E-state index contributed by atoms with van der Waals surface area (Å²) in [5, 5.41) is 0.